The lowest BCUT2D eigenvalue weighted by molar-refractivity contribution is 0.297. The number of rotatable bonds is 8. The molecule has 0 atom stereocenters. The Labute approximate surface area is 179 Å². The van der Waals surface area contributed by atoms with Crippen molar-refractivity contribution < 1.29 is 18.1 Å². The molecule has 0 unspecified atom stereocenters. The fourth-order valence-electron chi connectivity index (χ4n) is 3.47. The highest BCUT2D eigenvalue weighted by Crippen LogP contribution is 2.51. The van der Waals surface area contributed by atoms with Crippen LogP contribution in [0.2, 0.25) is 0 Å². The molecule has 0 fully saturated rings. The molecule has 3 aromatic rings. The zero-order valence-electron chi connectivity index (χ0n) is 18.3. The largest absolute Gasteiger partial charge is 0.647 e. The maximum Gasteiger partial charge on any atom is 0.647 e. The van der Waals surface area contributed by atoms with Gasteiger partial charge in [0.05, 0.1) is 0 Å². The maximum atomic E-state index is 13.9. The third kappa shape index (κ3) is 5.90. The lowest BCUT2D eigenvalue weighted by Gasteiger charge is -2.21. The minimum Gasteiger partial charge on any atom is -0.386 e. The lowest BCUT2D eigenvalue weighted by Crippen LogP contribution is -2.09. The summed E-state index contributed by atoms with van der Waals surface area (Å²) >= 11 is 0. The smallest absolute Gasteiger partial charge is 0.386 e. The van der Waals surface area contributed by atoms with Crippen molar-refractivity contribution in [2.24, 2.45) is 0 Å². The molecule has 0 heterocycles. The predicted octanol–water partition coefficient (Wildman–Crippen LogP) is 7.52. The first-order valence-electron chi connectivity index (χ1n) is 10.2. The number of phosphoric ester groups is 1. The van der Waals surface area contributed by atoms with Gasteiger partial charge in [-0.1, -0.05) is 43.7 Å². The van der Waals surface area contributed by atoms with Gasteiger partial charge in [0, 0.05) is 0 Å². The molecule has 0 aliphatic heterocycles. The third-order valence-corrected chi connectivity index (χ3v) is 5.82. The monoisotopic (exact) mass is 424 g/mol. The van der Waals surface area contributed by atoms with Gasteiger partial charge in [0.2, 0.25) is 0 Å². The van der Waals surface area contributed by atoms with E-state index in [1.807, 2.05) is 82.3 Å². The number of hydrogen-bond donors (Lipinski definition) is 0. The Hall–Kier alpha value is -2.71. The molecule has 4 nitrogen and oxygen atoms in total. The van der Waals surface area contributed by atoms with Crippen molar-refractivity contribution in [1.82, 2.24) is 0 Å². The molecule has 0 aliphatic rings. The quantitative estimate of drug-likeness (QED) is 0.351. The molecule has 0 spiro atoms. The van der Waals surface area contributed by atoms with E-state index in [0.29, 0.717) is 17.2 Å². The van der Waals surface area contributed by atoms with Crippen LogP contribution in [0.3, 0.4) is 0 Å². The first kappa shape index (κ1) is 22.0. The zero-order chi connectivity index (χ0) is 21.7. The van der Waals surface area contributed by atoms with E-state index < -0.39 is 7.82 Å². The maximum absolute atomic E-state index is 13.9. The van der Waals surface area contributed by atoms with E-state index in [2.05, 4.69) is 6.92 Å². The van der Waals surface area contributed by atoms with Crippen LogP contribution in [0.1, 0.15) is 41.2 Å². The molecule has 158 valence electrons. The number of aryl methyl sites for hydroxylation is 5. The molecule has 0 amide bonds. The molecule has 3 rings (SSSR count). The minimum absolute atomic E-state index is 0.452. The van der Waals surface area contributed by atoms with Crippen LogP contribution in [0.5, 0.6) is 17.2 Å². The van der Waals surface area contributed by atoms with E-state index in [0.717, 1.165) is 40.7 Å². The Morgan fingerprint density at radius 1 is 0.700 bits per heavy atom. The van der Waals surface area contributed by atoms with Crippen LogP contribution in [0, 0.1) is 27.7 Å². The lowest BCUT2D eigenvalue weighted by atomic mass is 10.1. The van der Waals surface area contributed by atoms with Crippen molar-refractivity contribution in [2.45, 2.75) is 47.5 Å². The van der Waals surface area contributed by atoms with Gasteiger partial charge in [-0.25, -0.2) is 0 Å². The van der Waals surface area contributed by atoms with Crippen molar-refractivity contribution in [3.8, 4) is 17.2 Å². The molecule has 0 radical (unpaired) electrons. The summed E-state index contributed by atoms with van der Waals surface area (Å²) in [7, 11) is -4.02. The number of para-hydroxylation sites is 1. The van der Waals surface area contributed by atoms with E-state index in [1.54, 1.807) is 6.07 Å². The highest BCUT2D eigenvalue weighted by molar-refractivity contribution is 7.49. The van der Waals surface area contributed by atoms with Crippen LogP contribution >= 0.6 is 7.82 Å². The molecule has 30 heavy (non-hydrogen) atoms. The van der Waals surface area contributed by atoms with Gasteiger partial charge in [0.15, 0.2) is 0 Å². The van der Waals surface area contributed by atoms with Crippen LogP contribution in [-0.2, 0) is 11.0 Å². The van der Waals surface area contributed by atoms with Crippen LogP contribution in [0.25, 0.3) is 0 Å². The van der Waals surface area contributed by atoms with E-state index in [9.17, 15) is 4.57 Å². The SMILES string of the molecule is CCCc1ccccc1OP(=O)(Oc1cc(C)cc(C)c1)Oc1cc(C)cc(C)c1. The predicted molar refractivity (Wildman–Crippen MR) is 122 cm³/mol. The van der Waals surface area contributed by atoms with Crippen LogP contribution < -0.4 is 13.6 Å². The molecule has 0 aromatic heterocycles. The molecule has 3 aromatic carbocycles. The fraction of sp³-hybridized carbons (Fsp3) is 0.280. The second-order valence-corrected chi connectivity index (χ2v) is 9.17. The number of phosphoric acid groups is 1. The van der Waals surface area contributed by atoms with Crippen molar-refractivity contribution >= 4 is 7.82 Å². The van der Waals surface area contributed by atoms with Gasteiger partial charge in [0.1, 0.15) is 17.2 Å². The summed E-state index contributed by atoms with van der Waals surface area (Å²) in [6, 6.07) is 18.9. The summed E-state index contributed by atoms with van der Waals surface area (Å²) in [5.74, 6) is 1.41. The van der Waals surface area contributed by atoms with E-state index in [4.69, 9.17) is 13.6 Å². The molecular weight excluding hydrogens is 395 g/mol. The van der Waals surface area contributed by atoms with Gasteiger partial charge in [-0.05, 0) is 92.3 Å². The molecule has 5 heteroatoms. The van der Waals surface area contributed by atoms with Crippen molar-refractivity contribution in [3.63, 3.8) is 0 Å². The van der Waals surface area contributed by atoms with Crippen molar-refractivity contribution in [1.29, 1.82) is 0 Å². The standard InChI is InChI=1S/C25H29O4P/c1-6-9-22-10-7-8-11-25(22)29-30(26,27-23-14-18(2)12-19(3)15-23)28-24-16-20(4)13-21(5)17-24/h7-8,10-17H,6,9H2,1-5H3. The van der Waals surface area contributed by atoms with E-state index in [-0.39, 0.29) is 0 Å². The fourth-order valence-corrected chi connectivity index (χ4v) is 4.73. The molecular formula is C25H29O4P. The van der Waals surface area contributed by atoms with E-state index in [1.165, 1.54) is 0 Å². The Balaban J connectivity index is 2.00. The van der Waals surface area contributed by atoms with E-state index >= 15 is 0 Å². The van der Waals surface area contributed by atoms with Gasteiger partial charge in [0.25, 0.3) is 0 Å². The average molecular weight is 424 g/mol. The molecule has 0 bridgehead atoms. The normalized spacial score (nSPS) is 11.2. The molecule has 0 aliphatic carbocycles. The second-order valence-electron chi connectivity index (χ2n) is 7.73. The van der Waals surface area contributed by atoms with Gasteiger partial charge in [-0.15, -0.1) is 0 Å². The topological polar surface area (TPSA) is 44.8 Å². The highest BCUT2D eigenvalue weighted by Gasteiger charge is 2.34. The van der Waals surface area contributed by atoms with Crippen LogP contribution in [0.4, 0.5) is 0 Å². The first-order chi connectivity index (χ1) is 14.3. The summed E-state index contributed by atoms with van der Waals surface area (Å²) in [6.07, 6.45) is 1.75. The summed E-state index contributed by atoms with van der Waals surface area (Å²) in [4.78, 5) is 0. The van der Waals surface area contributed by atoms with Gasteiger partial charge in [-0.3, -0.25) is 0 Å². The minimum atomic E-state index is -4.02. The molecule has 0 saturated heterocycles. The number of hydrogen-bond acceptors (Lipinski definition) is 4. The number of benzene rings is 3. The highest BCUT2D eigenvalue weighted by atomic mass is 31.2. The summed E-state index contributed by atoms with van der Waals surface area (Å²) in [5.41, 5.74) is 5.00. The van der Waals surface area contributed by atoms with Crippen molar-refractivity contribution in [3.05, 3.63) is 88.5 Å². The Bertz CT molecular complexity index is 976. The van der Waals surface area contributed by atoms with Gasteiger partial charge >= 0.3 is 7.82 Å². The average Bonchev–Trinajstić information content (AvgIpc) is 2.61. The van der Waals surface area contributed by atoms with Crippen LogP contribution in [0.15, 0.2) is 60.7 Å². The second kappa shape index (κ2) is 9.40. The summed E-state index contributed by atoms with van der Waals surface area (Å²) < 4.78 is 31.6. The Morgan fingerprint density at radius 3 is 1.63 bits per heavy atom. The summed E-state index contributed by atoms with van der Waals surface area (Å²) in [6.45, 7) is 9.95. The van der Waals surface area contributed by atoms with Crippen LogP contribution in [-0.4, -0.2) is 0 Å². The zero-order valence-corrected chi connectivity index (χ0v) is 19.2. The Morgan fingerprint density at radius 2 is 1.17 bits per heavy atom. The van der Waals surface area contributed by atoms with Gasteiger partial charge in [-0.2, -0.15) is 4.57 Å². The molecule has 0 N–H and O–H groups in total. The summed E-state index contributed by atoms with van der Waals surface area (Å²) in [5, 5.41) is 0. The van der Waals surface area contributed by atoms with Crippen molar-refractivity contribution in [2.75, 3.05) is 0 Å². The third-order valence-electron chi connectivity index (χ3n) is 4.53. The molecule has 0 saturated carbocycles. The Kier molecular flexibility index (Phi) is 6.89. The van der Waals surface area contributed by atoms with Gasteiger partial charge < -0.3 is 13.6 Å². The first-order valence-corrected chi connectivity index (χ1v) is 11.7.